The number of aliphatic hydroxyl groups is 1. The maximum absolute atomic E-state index is 13.4. The number of halogens is 1. The first-order valence-corrected chi connectivity index (χ1v) is 7.58. The Bertz CT molecular complexity index is 660. The van der Waals surface area contributed by atoms with Gasteiger partial charge in [-0.2, -0.15) is 0 Å². The standard InChI is InChI=1S/C17H19FN2O3/c18-13-4-1-3-12(7-13)16-8-14(21)10-20(16)11-17(22)19-9-15-5-2-6-23-15/h1-7,14,16,21H,8-11H2,(H,19,22). The normalized spacial score (nSPS) is 21.5. The summed E-state index contributed by atoms with van der Waals surface area (Å²) in [5.41, 5.74) is 0.778. The van der Waals surface area contributed by atoms with E-state index in [2.05, 4.69) is 5.32 Å². The number of nitrogens with zero attached hydrogens (tertiary/aromatic N) is 1. The molecule has 1 amide bonds. The molecule has 2 atom stereocenters. The smallest absolute Gasteiger partial charge is 0.234 e. The number of likely N-dealkylation sites (tertiary alicyclic amines) is 1. The number of rotatable bonds is 5. The van der Waals surface area contributed by atoms with Gasteiger partial charge >= 0.3 is 0 Å². The van der Waals surface area contributed by atoms with E-state index in [0.29, 0.717) is 25.3 Å². The van der Waals surface area contributed by atoms with Crippen molar-refractivity contribution in [2.24, 2.45) is 0 Å². The molecule has 122 valence electrons. The third-order valence-corrected chi connectivity index (χ3v) is 4.00. The van der Waals surface area contributed by atoms with Crippen LogP contribution in [-0.2, 0) is 11.3 Å². The van der Waals surface area contributed by atoms with Crippen LogP contribution in [0.2, 0.25) is 0 Å². The second kappa shape index (κ2) is 6.93. The van der Waals surface area contributed by atoms with Crippen LogP contribution in [0.3, 0.4) is 0 Å². The molecule has 1 aliphatic rings. The first-order chi connectivity index (χ1) is 11.1. The van der Waals surface area contributed by atoms with Crippen molar-refractivity contribution in [3.8, 4) is 0 Å². The Hall–Kier alpha value is -2.18. The number of hydrogen-bond acceptors (Lipinski definition) is 4. The van der Waals surface area contributed by atoms with E-state index in [4.69, 9.17) is 4.42 Å². The maximum Gasteiger partial charge on any atom is 0.234 e. The van der Waals surface area contributed by atoms with Gasteiger partial charge in [0.05, 0.1) is 25.5 Å². The van der Waals surface area contributed by atoms with Crippen molar-refractivity contribution in [1.82, 2.24) is 10.2 Å². The van der Waals surface area contributed by atoms with Gasteiger partial charge in [-0.25, -0.2) is 4.39 Å². The number of amides is 1. The van der Waals surface area contributed by atoms with Crippen molar-refractivity contribution in [3.05, 3.63) is 59.8 Å². The summed E-state index contributed by atoms with van der Waals surface area (Å²) in [7, 11) is 0. The molecule has 2 heterocycles. The number of β-amino-alcohol motifs (C(OH)–C–C–N with tert-alkyl or cyclic N) is 1. The number of aliphatic hydroxyl groups excluding tert-OH is 1. The molecule has 6 heteroatoms. The zero-order chi connectivity index (χ0) is 16.2. The highest BCUT2D eigenvalue weighted by atomic mass is 19.1. The molecule has 1 aromatic carbocycles. The lowest BCUT2D eigenvalue weighted by Crippen LogP contribution is -2.37. The molecule has 0 radical (unpaired) electrons. The molecule has 2 unspecified atom stereocenters. The van der Waals surface area contributed by atoms with Crippen LogP contribution in [0.5, 0.6) is 0 Å². The van der Waals surface area contributed by atoms with Gasteiger partial charge in [-0.05, 0) is 36.2 Å². The second-order valence-electron chi connectivity index (χ2n) is 5.75. The molecule has 0 spiro atoms. The Balaban J connectivity index is 1.62. The van der Waals surface area contributed by atoms with Gasteiger partial charge in [0.25, 0.3) is 0 Å². The van der Waals surface area contributed by atoms with Gasteiger partial charge in [0, 0.05) is 12.6 Å². The van der Waals surface area contributed by atoms with E-state index in [1.165, 1.54) is 12.1 Å². The van der Waals surface area contributed by atoms with Crippen molar-refractivity contribution in [3.63, 3.8) is 0 Å². The monoisotopic (exact) mass is 318 g/mol. The molecule has 1 aliphatic heterocycles. The number of carbonyl (C=O) groups is 1. The topological polar surface area (TPSA) is 65.7 Å². The van der Waals surface area contributed by atoms with Gasteiger partial charge in [0.2, 0.25) is 5.91 Å². The van der Waals surface area contributed by atoms with E-state index in [9.17, 15) is 14.3 Å². The second-order valence-corrected chi connectivity index (χ2v) is 5.75. The molecule has 1 fully saturated rings. The summed E-state index contributed by atoms with van der Waals surface area (Å²) in [6.45, 7) is 0.876. The Kier molecular flexibility index (Phi) is 4.73. The van der Waals surface area contributed by atoms with E-state index in [1.807, 2.05) is 11.0 Å². The van der Waals surface area contributed by atoms with Gasteiger partial charge in [0.15, 0.2) is 0 Å². The maximum atomic E-state index is 13.4. The Labute approximate surface area is 133 Å². The first kappa shape index (κ1) is 15.7. The average molecular weight is 318 g/mol. The summed E-state index contributed by atoms with van der Waals surface area (Å²) in [6, 6.07) is 9.69. The lowest BCUT2D eigenvalue weighted by Gasteiger charge is -2.23. The summed E-state index contributed by atoms with van der Waals surface area (Å²) in [6.07, 6.45) is 1.54. The van der Waals surface area contributed by atoms with Crippen molar-refractivity contribution >= 4 is 5.91 Å². The quantitative estimate of drug-likeness (QED) is 0.883. The molecular weight excluding hydrogens is 299 g/mol. The summed E-state index contributed by atoms with van der Waals surface area (Å²) in [5, 5.41) is 12.7. The van der Waals surface area contributed by atoms with E-state index in [-0.39, 0.29) is 24.3 Å². The fourth-order valence-electron chi connectivity index (χ4n) is 2.95. The molecule has 2 aromatic rings. The zero-order valence-corrected chi connectivity index (χ0v) is 12.6. The first-order valence-electron chi connectivity index (χ1n) is 7.58. The fourth-order valence-corrected chi connectivity index (χ4v) is 2.95. The summed E-state index contributed by atoms with van der Waals surface area (Å²) < 4.78 is 18.6. The van der Waals surface area contributed by atoms with Gasteiger partial charge in [-0.3, -0.25) is 9.69 Å². The number of hydrogen-bond donors (Lipinski definition) is 2. The van der Waals surface area contributed by atoms with E-state index in [0.717, 1.165) is 5.56 Å². The minimum Gasteiger partial charge on any atom is -0.467 e. The molecular formula is C17H19FN2O3. The lowest BCUT2D eigenvalue weighted by atomic mass is 10.0. The predicted octanol–water partition coefficient (Wildman–Crippen LogP) is 1.84. The molecule has 1 aromatic heterocycles. The van der Waals surface area contributed by atoms with Crippen molar-refractivity contribution < 1.29 is 18.7 Å². The Morgan fingerprint density at radius 3 is 3.00 bits per heavy atom. The molecule has 0 saturated carbocycles. The number of furan rings is 1. The van der Waals surface area contributed by atoms with Crippen LogP contribution in [0, 0.1) is 5.82 Å². The van der Waals surface area contributed by atoms with E-state index in [1.54, 1.807) is 24.5 Å². The van der Waals surface area contributed by atoms with Crippen LogP contribution in [-0.4, -0.2) is 35.1 Å². The van der Waals surface area contributed by atoms with Crippen molar-refractivity contribution in [2.45, 2.75) is 25.1 Å². The molecule has 2 N–H and O–H groups in total. The Morgan fingerprint density at radius 1 is 1.39 bits per heavy atom. The van der Waals surface area contributed by atoms with Crippen LogP contribution < -0.4 is 5.32 Å². The Morgan fingerprint density at radius 2 is 2.26 bits per heavy atom. The van der Waals surface area contributed by atoms with Crippen LogP contribution >= 0.6 is 0 Å². The average Bonchev–Trinajstić information content (AvgIpc) is 3.15. The summed E-state index contributed by atoms with van der Waals surface area (Å²) in [5.74, 6) is 0.213. The van der Waals surface area contributed by atoms with E-state index < -0.39 is 6.10 Å². The number of benzene rings is 1. The lowest BCUT2D eigenvalue weighted by molar-refractivity contribution is -0.122. The van der Waals surface area contributed by atoms with Crippen LogP contribution in [0.15, 0.2) is 47.1 Å². The molecule has 0 bridgehead atoms. The minimum atomic E-state index is -0.513. The molecule has 1 saturated heterocycles. The molecule has 3 rings (SSSR count). The molecule has 5 nitrogen and oxygen atoms in total. The minimum absolute atomic E-state index is 0.152. The molecule has 23 heavy (non-hydrogen) atoms. The predicted molar refractivity (Wildman–Crippen MR) is 81.9 cm³/mol. The largest absolute Gasteiger partial charge is 0.467 e. The highest BCUT2D eigenvalue weighted by Crippen LogP contribution is 2.32. The fraction of sp³-hybridized carbons (Fsp3) is 0.353. The van der Waals surface area contributed by atoms with Crippen LogP contribution in [0.25, 0.3) is 0 Å². The van der Waals surface area contributed by atoms with Gasteiger partial charge in [-0.1, -0.05) is 12.1 Å². The number of carbonyl (C=O) groups excluding carboxylic acids is 1. The third-order valence-electron chi connectivity index (χ3n) is 4.00. The SMILES string of the molecule is O=C(CN1CC(O)CC1c1cccc(F)c1)NCc1ccco1. The van der Waals surface area contributed by atoms with E-state index >= 15 is 0 Å². The van der Waals surface area contributed by atoms with Crippen molar-refractivity contribution in [2.75, 3.05) is 13.1 Å². The van der Waals surface area contributed by atoms with Gasteiger partial charge in [0.1, 0.15) is 11.6 Å². The zero-order valence-electron chi connectivity index (χ0n) is 12.6. The highest BCUT2D eigenvalue weighted by Gasteiger charge is 2.33. The molecule has 0 aliphatic carbocycles. The highest BCUT2D eigenvalue weighted by molar-refractivity contribution is 5.78. The van der Waals surface area contributed by atoms with Crippen LogP contribution in [0.1, 0.15) is 23.8 Å². The number of nitrogens with one attached hydrogen (secondary N) is 1. The third kappa shape index (κ3) is 3.97. The van der Waals surface area contributed by atoms with Gasteiger partial charge < -0.3 is 14.8 Å². The summed E-state index contributed by atoms with van der Waals surface area (Å²) in [4.78, 5) is 14.0. The van der Waals surface area contributed by atoms with Gasteiger partial charge in [-0.15, -0.1) is 0 Å². The summed E-state index contributed by atoms with van der Waals surface area (Å²) >= 11 is 0. The van der Waals surface area contributed by atoms with Crippen LogP contribution in [0.4, 0.5) is 4.39 Å². The van der Waals surface area contributed by atoms with Crippen molar-refractivity contribution in [1.29, 1.82) is 0 Å².